The molecule has 1 spiro atoms. The molecule has 2 saturated carbocycles. The van der Waals surface area contributed by atoms with Gasteiger partial charge in [0, 0.05) is 23.9 Å². The third-order valence-corrected chi connectivity index (χ3v) is 5.68. The summed E-state index contributed by atoms with van der Waals surface area (Å²) in [6.07, 6.45) is 6.60. The lowest BCUT2D eigenvalue weighted by molar-refractivity contribution is -0.0755. The van der Waals surface area contributed by atoms with E-state index in [0.29, 0.717) is 27.6 Å². The van der Waals surface area contributed by atoms with Crippen LogP contribution < -0.4 is 10.1 Å². The number of hydrogen-bond acceptors (Lipinski definition) is 2. The molecule has 0 radical (unpaired) electrons. The molecule has 1 N–H and O–H groups in total. The molecule has 2 atom stereocenters. The SMILES string of the molecule is CCNC1CC(Oc2ccc(Cl)c(Cl)c2)C12CCCC2. The Hall–Kier alpha value is -0.440. The first-order valence-electron chi connectivity index (χ1n) is 7.51. The number of nitrogens with one attached hydrogen (secondary N) is 1. The van der Waals surface area contributed by atoms with E-state index in [-0.39, 0.29) is 0 Å². The first kappa shape index (κ1) is 14.5. The Bertz CT molecular complexity index is 485. The molecule has 1 aromatic carbocycles. The Morgan fingerprint density at radius 3 is 2.65 bits per heavy atom. The van der Waals surface area contributed by atoms with E-state index >= 15 is 0 Å². The van der Waals surface area contributed by atoms with Crippen LogP contribution in [0.25, 0.3) is 0 Å². The summed E-state index contributed by atoms with van der Waals surface area (Å²) in [6, 6.07) is 6.16. The molecular weight excluding hydrogens is 293 g/mol. The van der Waals surface area contributed by atoms with Crippen LogP contribution in [0.5, 0.6) is 5.75 Å². The molecule has 2 nitrogen and oxygen atoms in total. The number of halogens is 2. The van der Waals surface area contributed by atoms with Crippen LogP contribution in [-0.4, -0.2) is 18.7 Å². The molecule has 0 amide bonds. The standard InChI is InChI=1S/C16H21Cl2NO/c1-2-19-14-10-15(16(14)7-3-4-8-16)20-11-5-6-12(17)13(18)9-11/h5-6,9,14-15,19H,2-4,7-8,10H2,1H3. The Labute approximate surface area is 130 Å². The number of ether oxygens (including phenoxy) is 1. The monoisotopic (exact) mass is 313 g/mol. The van der Waals surface area contributed by atoms with E-state index in [1.807, 2.05) is 12.1 Å². The summed E-state index contributed by atoms with van der Waals surface area (Å²) in [5.41, 5.74) is 0.335. The third kappa shape index (κ3) is 2.43. The maximum absolute atomic E-state index is 6.22. The summed E-state index contributed by atoms with van der Waals surface area (Å²) in [4.78, 5) is 0. The van der Waals surface area contributed by atoms with Crippen molar-refractivity contribution in [2.24, 2.45) is 5.41 Å². The summed E-state index contributed by atoms with van der Waals surface area (Å²) in [7, 11) is 0. The van der Waals surface area contributed by atoms with Crippen LogP contribution in [-0.2, 0) is 0 Å². The van der Waals surface area contributed by atoms with Crippen molar-refractivity contribution in [3.05, 3.63) is 28.2 Å². The van der Waals surface area contributed by atoms with Crippen LogP contribution in [0.4, 0.5) is 0 Å². The van der Waals surface area contributed by atoms with Crippen molar-refractivity contribution in [3.63, 3.8) is 0 Å². The number of benzene rings is 1. The molecule has 110 valence electrons. The molecule has 4 heteroatoms. The number of hydrogen-bond donors (Lipinski definition) is 1. The quantitative estimate of drug-likeness (QED) is 0.871. The largest absolute Gasteiger partial charge is 0.490 e. The van der Waals surface area contributed by atoms with Crippen LogP contribution in [0, 0.1) is 5.41 Å². The van der Waals surface area contributed by atoms with Gasteiger partial charge >= 0.3 is 0 Å². The van der Waals surface area contributed by atoms with Crippen molar-refractivity contribution in [3.8, 4) is 5.75 Å². The second-order valence-electron chi connectivity index (χ2n) is 5.97. The van der Waals surface area contributed by atoms with Crippen molar-refractivity contribution < 1.29 is 4.74 Å². The van der Waals surface area contributed by atoms with Gasteiger partial charge in [0.1, 0.15) is 11.9 Å². The van der Waals surface area contributed by atoms with Crippen LogP contribution in [0.3, 0.4) is 0 Å². The van der Waals surface area contributed by atoms with E-state index < -0.39 is 0 Å². The zero-order valence-electron chi connectivity index (χ0n) is 11.8. The molecule has 3 rings (SSSR count). The Kier molecular flexibility index (Phi) is 4.16. The summed E-state index contributed by atoms with van der Waals surface area (Å²) in [6.45, 7) is 3.21. The van der Waals surface area contributed by atoms with Gasteiger partial charge < -0.3 is 10.1 Å². The van der Waals surface area contributed by atoms with Gasteiger partial charge in [-0.05, 0) is 31.5 Å². The van der Waals surface area contributed by atoms with Gasteiger partial charge in [-0.25, -0.2) is 0 Å². The van der Waals surface area contributed by atoms with E-state index in [9.17, 15) is 0 Å². The smallest absolute Gasteiger partial charge is 0.121 e. The fourth-order valence-electron chi connectivity index (χ4n) is 3.86. The van der Waals surface area contributed by atoms with Crippen LogP contribution in [0.1, 0.15) is 39.0 Å². The van der Waals surface area contributed by atoms with Gasteiger partial charge in [-0.3, -0.25) is 0 Å². The van der Waals surface area contributed by atoms with E-state index in [0.717, 1.165) is 18.7 Å². The molecule has 2 unspecified atom stereocenters. The molecule has 2 fully saturated rings. The second-order valence-corrected chi connectivity index (χ2v) is 6.78. The third-order valence-electron chi connectivity index (χ3n) is 4.94. The minimum Gasteiger partial charge on any atom is -0.490 e. The van der Waals surface area contributed by atoms with Gasteiger partial charge in [0.15, 0.2) is 0 Å². The van der Waals surface area contributed by atoms with Gasteiger partial charge in [0.05, 0.1) is 10.0 Å². The van der Waals surface area contributed by atoms with Crippen molar-refractivity contribution in [1.82, 2.24) is 5.32 Å². The lowest BCUT2D eigenvalue weighted by Gasteiger charge is -2.54. The van der Waals surface area contributed by atoms with Crippen LogP contribution in [0.2, 0.25) is 10.0 Å². The van der Waals surface area contributed by atoms with Crippen LogP contribution >= 0.6 is 23.2 Å². The summed E-state index contributed by atoms with van der Waals surface area (Å²) >= 11 is 12.0. The lowest BCUT2D eigenvalue weighted by Crippen LogP contribution is -2.63. The maximum atomic E-state index is 6.22. The molecule has 1 aromatic rings. The first-order chi connectivity index (χ1) is 9.65. The summed E-state index contributed by atoms with van der Waals surface area (Å²) < 4.78 is 6.22. The molecule has 0 saturated heterocycles. The van der Waals surface area contributed by atoms with Crippen molar-refractivity contribution >= 4 is 23.2 Å². The average Bonchev–Trinajstić information content (AvgIpc) is 2.94. The van der Waals surface area contributed by atoms with Gasteiger partial charge in [-0.15, -0.1) is 0 Å². The fraction of sp³-hybridized carbons (Fsp3) is 0.625. The molecule has 0 aliphatic heterocycles. The van der Waals surface area contributed by atoms with Crippen LogP contribution in [0.15, 0.2) is 18.2 Å². The topological polar surface area (TPSA) is 21.3 Å². The molecule has 0 bridgehead atoms. The predicted molar refractivity (Wildman–Crippen MR) is 83.9 cm³/mol. The Morgan fingerprint density at radius 1 is 1.25 bits per heavy atom. The molecular formula is C16H21Cl2NO. The minimum absolute atomic E-state index is 0.311. The average molecular weight is 314 g/mol. The highest BCUT2D eigenvalue weighted by molar-refractivity contribution is 6.42. The molecule has 2 aliphatic carbocycles. The first-order valence-corrected chi connectivity index (χ1v) is 8.26. The van der Waals surface area contributed by atoms with Gasteiger partial charge in [-0.1, -0.05) is 43.0 Å². The van der Waals surface area contributed by atoms with Crippen molar-refractivity contribution in [2.45, 2.75) is 51.2 Å². The Balaban J connectivity index is 1.72. The molecule has 0 heterocycles. The molecule has 2 aliphatic rings. The lowest BCUT2D eigenvalue weighted by atomic mass is 9.60. The summed E-state index contributed by atoms with van der Waals surface area (Å²) in [5.74, 6) is 0.839. The van der Waals surface area contributed by atoms with Crippen molar-refractivity contribution in [2.75, 3.05) is 6.54 Å². The van der Waals surface area contributed by atoms with Gasteiger partial charge in [0.25, 0.3) is 0 Å². The highest BCUT2D eigenvalue weighted by Gasteiger charge is 2.57. The minimum atomic E-state index is 0.311. The highest BCUT2D eigenvalue weighted by atomic mass is 35.5. The second kappa shape index (κ2) is 5.75. The molecule has 0 aromatic heterocycles. The van der Waals surface area contributed by atoms with E-state index in [4.69, 9.17) is 27.9 Å². The van der Waals surface area contributed by atoms with Crippen molar-refractivity contribution in [1.29, 1.82) is 0 Å². The van der Waals surface area contributed by atoms with Gasteiger partial charge in [-0.2, -0.15) is 0 Å². The van der Waals surface area contributed by atoms with E-state index in [1.54, 1.807) is 6.07 Å². The van der Waals surface area contributed by atoms with Gasteiger partial charge in [0.2, 0.25) is 0 Å². The molecule has 20 heavy (non-hydrogen) atoms. The maximum Gasteiger partial charge on any atom is 0.121 e. The zero-order valence-corrected chi connectivity index (χ0v) is 13.3. The Morgan fingerprint density at radius 2 is 2.00 bits per heavy atom. The van der Waals surface area contributed by atoms with E-state index in [2.05, 4.69) is 12.2 Å². The number of rotatable bonds is 4. The zero-order chi connectivity index (χ0) is 14.2. The normalized spacial score (nSPS) is 27.6. The fourth-order valence-corrected chi connectivity index (χ4v) is 4.15. The highest BCUT2D eigenvalue weighted by Crippen LogP contribution is 2.54. The predicted octanol–water partition coefficient (Wildman–Crippen LogP) is 4.68. The summed E-state index contributed by atoms with van der Waals surface area (Å²) in [5, 5.41) is 4.76. The van der Waals surface area contributed by atoms with E-state index in [1.165, 1.54) is 25.7 Å².